The number of methoxy groups -OCH3 is 1. The van der Waals surface area contributed by atoms with E-state index in [9.17, 15) is 14.7 Å². The third-order valence-corrected chi connectivity index (χ3v) is 6.51. The van der Waals surface area contributed by atoms with E-state index in [1.165, 1.54) is 0 Å². The molecule has 26 heavy (non-hydrogen) atoms. The molecule has 6 nitrogen and oxygen atoms in total. The first-order chi connectivity index (χ1) is 12.5. The smallest absolute Gasteiger partial charge is 0.253 e. The summed E-state index contributed by atoms with van der Waals surface area (Å²) in [5.74, 6) is 0.166. The fraction of sp³-hybridized carbons (Fsp3) is 0.600. The SMILES string of the molecule is CO[C@@H]1C[C@H](O)C12CCN(C(=O)c1ccc(N3CCCC3=O)cc1)CC2. The Bertz CT molecular complexity index is 694. The number of aliphatic hydroxyl groups excluding tert-OH is 1. The van der Waals surface area contributed by atoms with Crippen LogP contribution in [0.15, 0.2) is 24.3 Å². The van der Waals surface area contributed by atoms with E-state index in [-0.39, 0.29) is 29.4 Å². The van der Waals surface area contributed by atoms with Crippen molar-refractivity contribution in [2.24, 2.45) is 5.41 Å². The Morgan fingerprint density at radius 3 is 2.42 bits per heavy atom. The van der Waals surface area contributed by atoms with Crippen molar-refractivity contribution in [1.29, 1.82) is 0 Å². The molecule has 1 aliphatic carbocycles. The zero-order valence-corrected chi connectivity index (χ0v) is 15.2. The monoisotopic (exact) mass is 358 g/mol. The topological polar surface area (TPSA) is 70.1 Å². The van der Waals surface area contributed by atoms with E-state index in [2.05, 4.69) is 0 Å². The molecule has 4 rings (SSSR count). The molecule has 3 aliphatic rings. The number of amides is 2. The van der Waals surface area contributed by atoms with Gasteiger partial charge in [-0.3, -0.25) is 9.59 Å². The van der Waals surface area contributed by atoms with Gasteiger partial charge in [-0.15, -0.1) is 0 Å². The van der Waals surface area contributed by atoms with Gasteiger partial charge < -0.3 is 19.6 Å². The summed E-state index contributed by atoms with van der Waals surface area (Å²) in [4.78, 5) is 28.3. The molecule has 2 heterocycles. The molecule has 2 amide bonds. The van der Waals surface area contributed by atoms with E-state index < -0.39 is 0 Å². The summed E-state index contributed by atoms with van der Waals surface area (Å²) in [6, 6.07) is 7.34. The summed E-state index contributed by atoms with van der Waals surface area (Å²) in [6.07, 6.45) is 3.53. The molecule has 2 aliphatic heterocycles. The molecule has 2 saturated heterocycles. The second-order valence-corrected chi connectivity index (χ2v) is 7.70. The molecule has 1 aromatic rings. The molecule has 1 spiro atoms. The van der Waals surface area contributed by atoms with Gasteiger partial charge in [0.15, 0.2) is 0 Å². The predicted molar refractivity (Wildman–Crippen MR) is 97.0 cm³/mol. The summed E-state index contributed by atoms with van der Waals surface area (Å²) in [7, 11) is 1.70. The zero-order valence-electron chi connectivity index (χ0n) is 15.2. The Balaban J connectivity index is 1.40. The lowest BCUT2D eigenvalue weighted by Crippen LogP contribution is -2.62. The second kappa shape index (κ2) is 6.67. The number of benzene rings is 1. The minimum atomic E-state index is -0.318. The van der Waals surface area contributed by atoms with Crippen molar-refractivity contribution < 1.29 is 19.4 Å². The Morgan fingerprint density at radius 2 is 1.88 bits per heavy atom. The van der Waals surface area contributed by atoms with E-state index in [0.717, 1.165) is 31.5 Å². The second-order valence-electron chi connectivity index (χ2n) is 7.70. The van der Waals surface area contributed by atoms with Crippen LogP contribution in [0.2, 0.25) is 0 Å². The van der Waals surface area contributed by atoms with E-state index >= 15 is 0 Å². The molecule has 2 atom stereocenters. The first kappa shape index (κ1) is 17.5. The van der Waals surface area contributed by atoms with Gasteiger partial charge in [-0.25, -0.2) is 0 Å². The van der Waals surface area contributed by atoms with E-state index in [1.807, 2.05) is 29.2 Å². The van der Waals surface area contributed by atoms with Crippen molar-refractivity contribution in [2.75, 3.05) is 31.6 Å². The largest absolute Gasteiger partial charge is 0.392 e. The number of carbonyl (C=O) groups excluding carboxylic acids is 2. The highest BCUT2D eigenvalue weighted by Crippen LogP contribution is 2.50. The molecular formula is C20H26N2O4. The van der Waals surface area contributed by atoms with Crippen molar-refractivity contribution in [2.45, 2.75) is 44.3 Å². The van der Waals surface area contributed by atoms with Crippen LogP contribution in [0, 0.1) is 5.41 Å². The van der Waals surface area contributed by atoms with Gasteiger partial charge in [0, 0.05) is 56.3 Å². The maximum Gasteiger partial charge on any atom is 0.253 e. The fourth-order valence-electron chi connectivity index (χ4n) is 4.73. The van der Waals surface area contributed by atoms with E-state index in [1.54, 1.807) is 12.0 Å². The van der Waals surface area contributed by atoms with Gasteiger partial charge in [0.1, 0.15) is 0 Å². The highest BCUT2D eigenvalue weighted by atomic mass is 16.5. The van der Waals surface area contributed by atoms with Crippen LogP contribution in [0.3, 0.4) is 0 Å². The quantitative estimate of drug-likeness (QED) is 0.895. The van der Waals surface area contributed by atoms with Crippen molar-refractivity contribution in [3.63, 3.8) is 0 Å². The average molecular weight is 358 g/mol. The van der Waals surface area contributed by atoms with Crippen LogP contribution in [0.1, 0.15) is 42.5 Å². The van der Waals surface area contributed by atoms with E-state index in [4.69, 9.17) is 4.74 Å². The van der Waals surface area contributed by atoms with Crippen LogP contribution in [0.25, 0.3) is 0 Å². The van der Waals surface area contributed by atoms with Gasteiger partial charge in [0.05, 0.1) is 12.2 Å². The van der Waals surface area contributed by atoms with Gasteiger partial charge in [-0.2, -0.15) is 0 Å². The zero-order chi connectivity index (χ0) is 18.3. The summed E-state index contributed by atoms with van der Waals surface area (Å²) < 4.78 is 5.51. The number of ether oxygens (including phenoxy) is 1. The number of anilines is 1. The maximum atomic E-state index is 12.8. The Kier molecular flexibility index (Phi) is 4.49. The van der Waals surface area contributed by atoms with E-state index in [0.29, 0.717) is 31.5 Å². The van der Waals surface area contributed by atoms with Gasteiger partial charge in [0.25, 0.3) is 5.91 Å². The lowest BCUT2D eigenvalue weighted by molar-refractivity contribution is -0.199. The Morgan fingerprint density at radius 1 is 1.19 bits per heavy atom. The predicted octanol–water partition coefficient (Wildman–Crippen LogP) is 1.82. The molecule has 1 N–H and O–H groups in total. The van der Waals surface area contributed by atoms with Gasteiger partial charge >= 0.3 is 0 Å². The molecule has 140 valence electrons. The van der Waals surface area contributed by atoms with Gasteiger partial charge in [-0.05, 0) is 43.5 Å². The molecule has 0 radical (unpaired) electrons. The van der Waals surface area contributed by atoms with Crippen molar-refractivity contribution in [3.8, 4) is 0 Å². The molecule has 0 bridgehead atoms. The Labute approximate surface area is 153 Å². The fourth-order valence-corrected chi connectivity index (χ4v) is 4.73. The van der Waals surface area contributed by atoms with Gasteiger partial charge in [0.2, 0.25) is 5.91 Å². The molecular weight excluding hydrogens is 332 g/mol. The number of hydrogen-bond acceptors (Lipinski definition) is 4. The molecule has 0 unspecified atom stereocenters. The highest BCUT2D eigenvalue weighted by Gasteiger charge is 2.56. The minimum Gasteiger partial charge on any atom is -0.392 e. The lowest BCUT2D eigenvalue weighted by atomic mass is 9.58. The molecule has 1 saturated carbocycles. The number of hydrogen-bond donors (Lipinski definition) is 1. The standard InChI is InChI=1S/C20H26N2O4/c1-26-17-13-16(23)20(17)8-11-21(12-9-20)19(25)14-4-6-15(7-5-14)22-10-2-3-18(22)24/h4-7,16-17,23H,2-3,8-13H2,1H3/t16-,17+/m0/s1. The number of piperidine rings is 1. The van der Waals surface area contributed by atoms with Crippen LogP contribution in [0.5, 0.6) is 0 Å². The highest BCUT2D eigenvalue weighted by molar-refractivity contribution is 5.97. The first-order valence-electron chi connectivity index (χ1n) is 9.46. The summed E-state index contributed by atoms with van der Waals surface area (Å²) in [5, 5.41) is 10.2. The molecule has 3 fully saturated rings. The third kappa shape index (κ3) is 2.72. The van der Waals surface area contributed by atoms with Crippen LogP contribution < -0.4 is 4.90 Å². The average Bonchev–Trinajstić information content (AvgIpc) is 3.11. The van der Waals surface area contributed by atoms with Crippen molar-refractivity contribution in [1.82, 2.24) is 4.90 Å². The number of likely N-dealkylation sites (tertiary alicyclic amines) is 1. The number of rotatable bonds is 3. The number of aliphatic hydroxyl groups is 1. The van der Waals surface area contributed by atoms with Crippen LogP contribution in [-0.2, 0) is 9.53 Å². The normalized spacial score (nSPS) is 27.7. The summed E-state index contributed by atoms with van der Waals surface area (Å²) >= 11 is 0. The van der Waals surface area contributed by atoms with Crippen LogP contribution in [-0.4, -0.2) is 60.8 Å². The van der Waals surface area contributed by atoms with Crippen molar-refractivity contribution in [3.05, 3.63) is 29.8 Å². The number of nitrogens with zero attached hydrogens (tertiary/aromatic N) is 2. The molecule has 1 aromatic carbocycles. The van der Waals surface area contributed by atoms with Gasteiger partial charge in [-0.1, -0.05) is 0 Å². The third-order valence-electron chi connectivity index (χ3n) is 6.51. The van der Waals surface area contributed by atoms with Crippen LogP contribution >= 0.6 is 0 Å². The molecule has 0 aromatic heterocycles. The minimum absolute atomic E-state index is 0.0157. The first-order valence-corrected chi connectivity index (χ1v) is 9.46. The number of carbonyl (C=O) groups is 2. The van der Waals surface area contributed by atoms with Crippen LogP contribution in [0.4, 0.5) is 5.69 Å². The van der Waals surface area contributed by atoms with Crippen molar-refractivity contribution >= 4 is 17.5 Å². The lowest BCUT2D eigenvalue weighted by Gasteiger charge is -2.56. The summed E-state index contributed by atoms with van der Waals surface area (Å²) in [6.45, 7) is 2.04. The molecule has 6 heteroatoms. The maximum absolute atomic E-state index is 12.8. The summed E-state index contributed by atoms with van der Waals surface area (Å²) in [5.41, 5.74) is 1.34. The Hall–Kier alpha value is -1.92.